The van der Waals surface area contributed by atoms with Gasteiger partial charge in [0.05, 0.1) is 15.9 Å². The van der Waals surface area contributed by atoms with Crippen LogP contribution in [0.2, 0.25) is 0 Å². The summed E-state index contributed by atoms with van der Waals surface area (Å²) in [6, 6.07) is 18.0. The lowest BCUT2D eigenvalue weighted by Crippen LogP contribution is -1.93. The van der Waals surface area contributed by atoms with Crippen molar-refractivity contribution in [2.24, 2.45) is 4.99 Å². The van der Waals surface area contributed by atoms with Crippen LogP contribution in [0.25, 0.3) is 10.2 Å². The second-order valence-corrected chi connectivity index (χ2v) is 5.46. The molecule has 0 N–H and O–H groups in total. The second kappa shape index (κ2) is 4.84. The molecule has 88 valence electrons. The number of hydrogen-bond donors (Lipinski definition) is 0. The standard InChI is InChI=1S/C14H10N2S2/c17-14-16(10-15-11-6-2-1-3-7-11)12-8-4-5-9-13(12)18-14/h1-10H. The van der Waals surface area contributed by atoms with E-state index in [4.69, 9.17) is 12.2 Å². The predicted molar refractivity (Wildman–Crippen MR) is 80.6 cm³/mol. The third-order valence-corrected chi connectivity index (χ3v) is 3.98. The van der Waals surface area contributed by atoms with Crippen LogP contribution in [-0.4, -0.2) is 10.9 Å². The van der Waals surface area contributed by atoms with Gasteiger partial charge in [0.15, 0.2) is 3.95 Å². The van der Waals surface area contributed by atoms with E-state index in [0.29, 0.717) is 0 Å². The Bertz CT molecular complexity index is 754. The van der Waals surface area contributed by atoms with Gasteiger partial charge in [-0.25, -0.2) is 4.99 Å². The molecule has 0 radical (unpaired) electrons. The average molecular weight is 270 g/mol. The number of aliphatic imine (C=N–C) groups is 1. The van der Waals surface area contributed by atoms with Gasteiger partial charge in [0.1, 0.15) is 6.34 Å². The summed E-state index contributed by atoms with van der Waals surface area (Å²) in [5, 5.41) is 0. The summed E-state index contributed by atoms with van der Waals surface area (Å²) in [6.07, 6.45) is 1.79. The fourth-order valence-corrected chi connectivity index (χ4v) is 3.00. The van der Waals surface area contributed by atoms with Crippen LogP contribution >= 0.6 is 23.6 Å². The van der Waals surface area contributed by atoms with Gasteiger partial charge in [-0.1, -0.05) is 30.3 Å². The summed E-state index contributed by atoms with van der Waals surface area (Å²) in [5.74, 6) is 0. The molecule has 0 aliphatic rings. The number of aromatic nitrogens is 1. The molecule has 0 saturated carbocycles. The average Bonchev–Trinajstić information content (AvgIpc) is 2.73. The number of hydrogen-bond acceptors (Lipinski definition) is 3. The second-order valence-electron chi connectivity index (χ2n) is 3.79. The molecule has 0 saturated heterocycles. The largest absolute Gasteiger partial charge is 0.282 e. The SMILES string of the molecule is S=c1sc2ccccc2n1C=Nc1ccccc1. The Morgan fingerprint density at radius 1 is 1.00 bits per heavy atom. The van der Waals surface area contributed by atoms with Crippen LogP contribution in [-0.2, 0) is 0 Å². The van der Waals surface area contributed by atoms with Gasteiger partial charge in [0, 0.05) is 0 Å². The molecular formula is C14H10N2S2. The highest BCUT2D eigenvalue weighted by molar-refractivity contribution is 7.73. The number of fused-ring (bicyclic) bond motifs is 1. The van der Waals surface area contributed by atoms with Crippen LogP contribution in [0.1, 0.15) is 0 Å². The van der Waals surface area contributed by atoms with Crippen molar-refractivity contribution in [2.45, 2.75) is 0 Å². The number of para-hydroxylation sites is 2. The monoisotopic (exact) mass is 270 g/mol. The zero-order chi connectivity index (χ0) is 12.4. The van der Waals surface area contributed by atoms with Gasteiger partial charge in [-0.15, -0.1) is 11.3 Å². The Morgan fingerprint density at radius 2 is 1.72 bits per heavy atom. The topological polar surface area (TPSA) is 17.3 Å². The van der Waals surface area contributed by atoms with Crippen molar-refractivity contribution in [3.8, 4) is 0 Å². The highest BCUT2D eigenvalue weighted by Gasteiger charge is 2.01. The molecule has 3 rings (SSSR count). The van der Waals surface area contributed by atoms with Gasteiger partial charge in [-0.05, 0) is 36.5 Å². The minimum absolute atomic E-state index is 0.816. The van der Waals surface area contributed by atoms with Gasteiger partial charge in [-0.3, -0.25) is 4.57 Å². The van der Waals surface area contributed by atoms with E-state index in [0.717, 1.165) is 15.2 Å². The van der Waals surface area contributed by atoms with E-state index >= 15 is 0 Å². The van der Waals surface area contributed by atoms with E-state index in [9.17, 15) is 0 Å². The third kappa shape index (κ3) is 2.12. The minimum atomic E-state index is 0.816. The number of thiazole rings is 1. The van der Waals surface area contributed by atoms with E-state index < -0.39 is 0 Å². The van der Waals surface area contributed by atoms with Crippen molar-refractivity contribution in [3.05, 3.63) is 58.6 Å². The van der Waals surface area contributed by atoms with Gasteiger partial charge >= 0.3 is 0 Å². The molecule has 1 aromatic heterocycles. The molecule has 0 fully saturated rings. The van der Waals surface area contributed by atoms with Crippen molar-refractivity contribution in [3.63, 3.8) is 0 Å². The highest BCUT2D eigenvalue weighted by Crippen LogP contribution is 2.21. The normalized spacial score (nSPS) is 11.3. The van der Waals surface area contributed by atoms with Crippen molar-refractivity contribution in [2.75, 3.05) is 0 Å². The summed E-state index contributed by atoms with van der Waals surface area (Å²) in [7, 11) is 0. The summed E-state index contributed by atoms with van der Waals surface area (Å²) < 4.78 is 3.94. The summed E-state index contributed by atoms with van der Waals surface area (Å²) >= 11 is 6.96. The quantitative estimate of drug-likeness (QED) is 0.377. The number of benzene rings is 2. The van der Waals surface area contributed by atoms with E-state index in [1.807, 2.05) is 47.0 Å². The number of nitrogens with zero attached hydrogens (tertiary/aromatic N) is 2. The smallest absolute Gasteiger partial charge is 0.167 e. The lowest BCUT2D eigenvalue weighted by atomic mass is 10.3. The van der Waals surface area contributed by atoms with Crippen molar-refractivity contribution >= 4 is 45.8 Å². The molecule has 3 aromatic rings. The maximum Gasteiger partial charge on any atom is 0.167 e. The third-order valence-electron chi connectivity index (χ3n) is 2.60. The summed E-state index contributed by atoms with van der Waals surface area (Å²) in [5.41, 5.74) is 2.03. The molecule has 0 unspecified atom stereocenters. The van der Waals surface area contributed by atoms with Crippen molar-refractivity contribution < 1.29 is 0 Å². The first kappa shape index (κ1) is 11.3. The Hall–Kier alpha value is -1.78. The van der Waals surface area contributed by atoms with Crippen LogP contribution in [0.4, 0.5) is 5.69 Å². The molecule has 0 atom stereocenters. The summed E-state index contributed by atoms with van der Waals surface area (Å²) in [4.78, 5) is 4.44. The van der Waals surface area contributed by atoms with E-state index in [1.54, 1.807) is 17.7 Å². The van der Waals surface area contributed by atoms with Gasteiger partial charge < -0.3 is 0 Å². The zero-order valence-electron chi connectivity index (χ0n) is 9.48. The first-order chi connectivity index (χ1) is 8.84. The molecular weight excluding hydrogens is 260 g/mol. The van der Waals surface area contributed by atoms with E-state index in [1.165, 1.54) is 4.70 Å². The lowest BCUT2D eigenvalue weighted by molar-refractivity contribution is 1.24. The highest BCUT2D eigenvalue weighted by atomic mass is 32.1. The molecule has 2 nitrogen and oxygen atoms in total. The van der Waals surface area contributed by atoms with Gasteiger partial charge in [0.2, 0.25) is 0 Å². The zero-order valence-corrected chi connectivity index (χ0v) is 11.1. The predicted octanol–water partition coefficient (Wildman–Crippen LogP) is 4.64. The van der Waals surface area contributed by atoms with E-state index in [-0.39, 0.29) is 0 Å². The van der Waals surface area contributed by atoms with Gasteiger partial charge in [0.25, 0.3) is 0 Å². The van der Waals surface area contributed by atoms with Crippen LogP contribution in [0.15, 0.2) is 59.6 Å². The van der Waals surface area contributed by atoms with Crippen LogP contribution in [0, 0.1) is 3.95 Å². The molecule has 18 heavy (non-hydrogen) atoms. The lowest BCUT2D eigenvalue weighted by Gasteiger charge is -1.96. The minimum Gasteiger partial charge on any atom is -0.282 e. The molecule has 1 heterocycles. The van der Waals surface area contributed by atoms with Crippen LogP contribution < -0.4 is 0 Å². The molecule has 0 amide bonds. The first-order valence-corrected chi connectivity index (χ1v) is 6.76. The fraction of sp³-hybridized carbons (Fsp3) is 0. The Balaban J connectivity index is 2.08. The molecule has 0 aliphatic heterocycles. The number of rotatable bonds is 2. The molecule has 0 bridgehead atoms. The van der Waals surface area contributed by atoms with Crippen molar-refractivity contribution in [1.29, 1.82) is 0 Å². The maximum absolute atomic E-state index is 5.36. The molecule has 4 heteroatoms. The molecule has 0 spiro atoms. The Morgan fingerprint density at radius 3 is 2.56 bits per heavy atom. The van der Waals surface area contributed by atoms with Crippen molar-refractivity contribution in [1.82, 2.24) is 4.57 Å². The molecule has 2 aromatic carbocycles. The fourth-order valence-electron chi connectivity index (χ4n) is 1.73. The van der Waals surface area contributed by atoms with E-state index in [2.05, 4.69) is 17.1 Å². The Kier molecular flexibility index (Phi) is 3.04. The molecule has 0 aliphatic carbocycles. The Labute approximate surface area is 114 Å². The van der Waals surface area contributed by atoms with Crippen LogP contribution in [0.5, 0.6) is 0 Å². The first-order valence-electron chi connectivity index (χ1n) is 5.54. The maximum atomic E-state index is 5.36. The van der Waals surface area contributed by atoms with Gasteiger partial charge in [-0.2, -0.15) is 0 Å². The summed E-state index contributed by atoms with van der Waals surface area (Å²) in [6.45, 7) is 0. The van der Waals surface area contributed by atoms with Crippen LogP contribution in [0.3, 0.4) is 0 Å².